The molecule has 4 N–H and O–H groups in total. The van der Waals surface area contributed by atoms with E-state index in [2.05, 4.69) is 120 Å². The predicted molar refractivity (Wildman–Crippen MR) is 246 cm³/mol. The minimum Gasteiger partial charge on any atom is -0.399 e. The van der Waals surface area contributed by atoms with Crippen LogP contribution in [0.4, 0.5) is 11.4 Å². The van der Waals surface area contributed by atoms with Crippen LogP contribution in [-0.2, 0) is 5.41 Å². The molecule has 0 radical (unpaired) electrons. The number of nitrogen functional groups attached to an aromatic ring is 2. The van der Waals surface area contributed by atoms with E-state index < -0.39 is 0 Å². The Balaban J connectivity index is 1.36. The summed E-state index contributed by atoms with van der Waals surface area (Å²) >= 11 is 0. The first-order chi connectivity index (χ1) is 27.3. The van der Waals surface area contributed by atoms with E-state index in [1.54, 1.807) is 0 Å². The molecule has 1 fully saturated rings. The summed E-state index contributed by atoms with van der Waals surface area (Å²) in [5, 5.41) is 0. The highest BCUT2D eigenvalue weighted by atomic mass is 14.5. The van der Waals surface area contributed by atoms with Gasteiger partial charge in [0.1, 0.15) is 0 Å². The minimum absolute atomic E-state index is 0.0530. The third-order valence-corrected chi connectivity index (χ3v) is 13.7. The fourth-order valence-corrected chi connectivity index (χ4v) is 10.2. The summed E-state index contributed by atoms with van der Waals surface area (Å²) in [6.07, 6.45) is 27.9. The van der Waals surface area contributed by atoms with Gasteiger partial charge in [-0.1, -0.05) is 178 Å². The maximum Gasteiger partial charge on any atom is 0.0316 e. The minimum atomic E-state index is 0.0530. The molecule has 0 amide bonds. The van der Waals surface area contributed by atoms with Crippen molar-refractivity contribution < 1.29 is 0 Å². The molecular weight excluding hydrogens is 677 g/mol. The molecule has 1 aliphatic rings. The van der Waals surface area contributed by atoms with Crippen molar-refractivity contribution >= 4 is 11.4 Å². The highest BCUT2D eigenvalue weighted by Crippen LogP contribution is 2.48. The van der Waals surface area contributed by atoms with Crippen molar-refractivity contribution in [3.8, 4) is 0 Å². The standard InChI is InChI=1S/C54H78N2/c1-6-9-12-13-14-15-16-17-18-19-20-43-35-37-54(38-36-43,46-27-23-44(24-28-46)52(21-10-7-2)50-33-31-48(55)39-41(50)4)47-29-25-45(26-30-47)53(22-11-8-3)51-34-32-49(56)40-42(51)5/h23-34,39-40,43,52-53H,6-22,35-38,55-56H2,1-5H3. The van der Waals surface area contributed by atoms with E-state index in [0.717, 1.165) is 17.3 Å². The average molecular weight is 755 g/mol. The van der Waals surface area contributed by atoms with Crippen LogP contribution < -0.4 is 11.5 Å². The summed E-state index contributed by atoms with van der Waals surface area (Å²) in [6.45, 7) is 11.4. The van der Waals surface area contributed by atoms with E-state index >= 15 is 0 Å². The van der Waals surface area contributed by atoms with Crippen LogP contribution in [0.5, 0.6) is 0 Å². The van der Waals surface area contributed by atoms with Gasteiger partial charge in [-0.05, 0) is 127 Å². The molecule has 0 heterocycles. The van der Waals surface area contributed by atoms with E-state index in [-0.39, 0.29) is 5.41 Å². The number of nitrogens with two attached hydrogens (primary N) is 2. The van der Waals surface area contributed by atoms with Crippen LogP contribution in [-0.4, -0.2) is 0 Å². The van der Waals surface area contributed by atoms with E-state index in [1.165, 1.54) is 179 Å². The van der Waals surface area contributed by atoms with Crippen molar-refractivity contribution in [1.29, 1.82) is 0 Å². The second-order valence-corrected chi connectivity index (χ2v) is 17.9. The molecular formula is C54H78N2. The molecule has 4 aromatic carbocycles. The topological polar surface area (TPSA) is 52.0 Å². The van der Waals surface area contributed by atoms with Crippen molar-refractivity contribution in [2.75, 3.05) is 11.5 Å². The van der Waals surface area contributed by atoms with Crippen molar-refractivity contribution in [3.63, 3.8) is 0 Å². The van der Waals surface area contributed by atoms with Crippen LogP contribution in [0.15, 0.2) is 84.9 Å². The Bertz CT molecular complexity index is 1600. The lowest BCUT2D eigenvalue weighted by Crippen LogP contribution is -2.33. The first-order valence-corrected chi connectivity index (χ1v) is 23.2. The number of hydrogen-bond donors (Lipinski definition) is 2. The molecule has 2 atom stereocenters. The number of unbranched alkanes of at least 4 members (excludes halogenated alkanes) is 11. The molecule has 2 unspecified atom stereocenters. The van der Waals surface area contributed by atoms with Crippen LogP contribution in [0.2, 0.25) is 0 Å². The van der Waals surface area contributed by atoms with Gasteiger partial charge in [-0.2, -0.15) is 0 Å². The lowest BCUT2D eigenvalue weighted by molar-refractivity contribution is 0.250. The van der Waals surface area contributed by atoms with Gasteiger partial charge >= 0.3 is 0 Å². The Morgan fingerprint density at radius 3 is 1.29 bits per heavy atom. The number of hydrogen-bond acceptors (Lipinski definition) is 2. The van der Waals surface area contributed by atoms with Crippen LogP contribution >= 0.6 is 0 Å². The first-order valence-electron chi connectivity index (χ1n) is 23.2. The normalized spacial score (nSPS) is 18.2. The van der Waals surface area contributed by atoms with Gasteiger partial charge in [-0.3, -0.25) is 0 Å². The van der Waals surface area contributed by atoms with E-state index in [1.807, 2.05) is 0 Å². The fourth-order valence-electron chi connectivity index (χ4n) is 10.2. The Hall–Kier alpha value is -3.52. The van der Waals surface area contributed by atoms with Crippen molar-refractivity contribution in [1.82, 2.24) is 0 Å². The van der Waals surface area contributed by atoms with Gasteiger partial charge in [-0.15, -0.1) is 0 Å². The summed E-state index contributed by atoms with van der Waals surface area (Å²) in [7, 11) is 0. The molecule has 2 nitrogen and oxygen atoms in total. The van der Waals surface area contributed by atoms with Gasteiger partial charge in [-0.25, -0.2) is 0 Å². The zero-order valence-electron chi connectivity index (χ0n) is 36.3. The highest BCUT2D eigenvalue weighted by molar-refractivity contribution is 5.51. The zero-order valence-corrected chi connectivity index (χ0v) is 36.3. The predicted octanol–water partition coefficient (Wildman–Crippen LogP) is 15.9. The van der Waals surface area contributed by atoms with E-state index in [9.17, 15) is 0 Å². The van der Waals surface area contributed by atoms with Crippen LogP contribution in [0.25, 0.3) is 0 Å². The molecule has 1 saturated carbocycles. The lowest BCUT2D eigenvalue weighted by Gasteiger charge is -2.42. The number of rotatable bonds is 23. The second kappa shape index (κ2) is 22.4. The summed E-state index contributed by atoms with van der Waals surface area (Å²) < 4.78 is 0. The molecule has 0 aliphatic heterocycles. The van der Waals surface area contributed by atoms with Gasteiger partial charge < -0.3 is 11.5 Å². The van der Waals surface area contributed by atoms with Crippen LogP contribution in [0.1, 0.15) is 212 Å². The van der Waals surface area contributed by atoms with Gasteiger partial charge in [0.25, 0.3) is 0 Å². The van der Waals surface area contributed by atoms with Gasteiger partial charge in [0.15, 0.2) is 0 Å². The number of anilines is 2. The quantitative estimate of drug-likeness (QED) is 0.0585. The van der Waals surface area contributed by atoms with Crippen LogP contribution in [0, 0.1) is 19.8 Å². The summed E-state index contributed by atoms with van der Waals surface area (Å²) in [5.74, 6) is 1.65. The van der Waals surface area contributed by atoms with Crippen molar-refractivity contribution in [3.05, 3.63) is 129 Å². The lowest BCUT2D eigenvalue weighted by atomic mass is 9.62. The molecule has 56 heavy (non-hydrogen) atoms. The smallest absolute Gasteiger partial charge is 0.0316 e. The first kappa shape index (κ1) is 43.6. The Kier molecular flexibility index (Phi) is 17.5. The van der Waals surface area contributed by atoms with Crippen LogP contribution in [0.3, 0.4) is 0 Å². The number of aryl methyl sites for hydroxylation is 2. The van der Waals surface area contributed by atoms with Crippen molar-refractivity contribution in [2.24, 2.45) is 5.92 Å². The number of benzene rings is 4. The Labute approximate surface area is 343 Å². The molecule has 0 aromatic heterocycles. The van der Waals surface area contributed by atoms with E-state index in [4.69, 9.17) is 11.5 Å². The fraction of sp³-hybridized carbons (Fsp3) is 0.556. The maximum absolute atomic E-state index is 6.20. The molecule has 1 aliphatic carbocycles. The van der Waals surface area contributed by atoms with Crippen molar-refractivity contribution in [2.45, 2.75) is 187 Å². The largest absolute Gasteiger partial charge is 0.399 e. The third kappa shape index (κ3) is 11.8. The monoisotopic (exact) mass is 755 g/mol. The average Bonchev–Trinajstić information content (AvgIpc) is 3.21. The molecule has 5 rings (SSSR count). The SMILES string of the molecule is CCCCCCCCCCCCC1CCC(c2ccc(C(CCCC)c3ccc(N)cc3C)cc2)(c2ccc(C(CCCC)c3ccc(N)cc3C)cc2)CC1. The Morgan fingerprint density at radius 1 is 0.500 bits per heavy atom. The summed E-state index contributed by atoms with van der Waals surface area (Å²) in [5.41, 5.74) is 25.5. The molecule has 304 valence electrons. The summed E-state index contributed by atoms with van der Waals surface area (Å²) in [4.78, 5) is 0. The summed E-state index contributed by atoms with van der Waals surface area (Å²) in [6, 6.07) is 33.0. The molecule has 0 saturated heterocycles. The molecule has 2 heteroatoms. The third-order valence-electron chi connectivity index (χ3n) is 13.7. The van der Waals surface area contributed by atoms with Gasteiger partial charge in [0.2, 0.25) is 0 Å². The van der Waals surface area contributed by atoms with Gasteiger partial charge in [0, 0.05) is 28.6 Å². The molecule has 4 aromatic rings. The molecule has 0 bridgehead atoms. The Morgan fingerprint density at radius 2 is 0.893 bits per heavy atom. The maximum atomic E-state index is 6.20. The second-order valence-electron chi connectivity index (χ2n) is 17.9. The zero-order chi connectivity index (χ0) is 39.8. The highest BCUT2D eigenvalue weighted by Gasteiger charge is 2.38. The molecule has 0 spiro atoms. The van der Waals surface area contributed by atoms with E-state index in [0.29, 0.717) is 11.8 Å². The van der Waals surface area contributed by atoms with Gasteiger partial charge in [0.05, 0.1) is 0 Å².